The Balaban J connectivity index is 1.77. The van der Waals surface area contributed by atoms with Gasteiger partial charge in [0.2, 0.25) is 5.91 Å². The summed E-state index contributed by atoms with van der Waals surface area (Å²) in [6.07, 6.45) is 5.00. The number of hydrogen-bond donors (Lipinski definition) is 0. The molecule has 1 aliphatic heterocycles. The van der Waals surface area contributed by atoms with Crippen molar-refractivity contribution in [2.45, 2.75) is 19.4 Å². The van der Waals surface area contributed by atoms with Gasteiger partial charge >= 0.3 is 0 Å². The third-order valence-corrected chi connectivity index (χ3v) is 3.42. The normalized spacial score (nSPS) is 14.7. The molecule has 3 rings (SSSR count). The van der Waals surface area contributed by atoms with Gasteiger partial charge in [-0.05, 0) is 25.0 Å². The van der Waals surface area contributed by atoms with Crippen LogP contribution >= 0.6 is 0 Å². The lowest BCUT2D eigenvalue weighted by molar-refractivity contribution is -0.130. The van der Waals surface area contributed by atoms with Crippen LogP contribution in [0.25, 0.3) is 11.5 Å². The van der Waals surface area contributed by atoms with Gasteiger partial charge in [0, 0.05) is 19.2 Å². The van der Waals surface area contributed by atoms with Gasteiger partial charge in [-0.2, -0.15) is 0 Å². The van der Waals surface area contributed by atoms with Gasteiger partial charge in [-0.1, -0.05) is 0 Å². The standard InChI is InChI=1S/C14H15N3O3/c18-13-8-11(12-4-3-7-20-12)15-10-17(13)9-14(19)16-5-1-2-6-16/h3-4,7-8,10H,1-2,5-6,9H2. The molecule has 0 saturated carbocycles. The fourth-order valence-corrected chi connectivity index (χ4v) is 2.32. The monoisotopic (exact) mass is 273 g/mol. The SMILES string of the molecule is O=C(Cn1cnc(-c2ccco2)cc1=O)N1CCCC1. The number of amides is 1. The summed E-state index contributed by atoms with van der Waals surface area (Å²) in [5.74, 6) is 0.511. The molecule has 0 unspecified atom stereocenters. The van der Waals surface area contributed by atoms with Crippen LogP contribution in [0.2, 0.25) is 0 Å². The molecule has 0 bridgehead atoms. The van der Waals surface area contributed by atoms with E-state index in [2.05, 4.69) is 4.98 Å². The van der Waals surface area contributed by atoms with Crippen LogP contribution in [0.15, 0.2) is 40.0 Å². The molecular formula is C14H15N3O3. The lowest BCUT2D eigenvalue weighted by Crippen LogP contribution is -2.34. The van der Waals surface area contributed by atoms with Gasteiger partial charge in [-0.15, -0.1) is 0 Å². The molecule has 0 atom stereocenters. The molecule has 1 fully saturated rings. The van der Waals surface area contributed by atoms with Gasteiger partial charge in [0.05, 0.1) is 12.6 Å². The summed E-state index contributed by atoms with van der Waals surface area (Å²) in [6, 6.07) is 4.86. The van der Waals surface area contributed by atoms with Gasteiger partial charge in [0.15, 0.2) is 5.76 Å². The molecule has 0 aliphatic carbocycles. The highest BCUT2D eigenvalue weighted by Crippen LogP contribution is 2.14. The van der Waals surface area contributed by atoms with Crippen molar-refractivity contribution in [2.75, 3.05) is 13.1 Å². The number of rotatable bonds is 3. The Labute approximate surface area is 115 Å². The van der Waals surface area contributed by atoms with Crippen LogP contribution in [0.4, 0.5) is 0 Å². The Bertz CT molecular complexity index is 655. The van der Waals surface area contributed by atoms with E-state index in [4.69, 9.17) is 4.42 Å². The molecular weight excluding hydrogens is 258 g/mol. The third kappa shape index (κ3) is 2.49. The summed E-state index contributed by atoms with van der Waals surface area (Å²) < 4.78 is 6.52. The summed E-state index contributed by atoms with van der Waals surface area (Å²) in [7, 11) is 0. The van der Waals surface area contributed by atoms with Gasteiger partial charge < -0.3 is 9.32 Å². The van der Waals surface area contributed by atoms with E-state index in [-0.39, 0.29) is 18.0 Å². The number of likely N-dealkylation sites (tertiary alicyclic amines) is 1. The quantitative estimate of drug-likeness (QED) is 0.840. The number of aromatic nitrogens is 2. The molecule has 1 aliphatic rings. The number of nitrogens with zero attached hydrogens (tertiary/aromatic N) is 3. The number of furan rings is 1. The first kappa shape index (κ1) is 12.7. The van der Waals surface area contributed by atoms with Gasteiger partial charge in [-0.25, -0.2) is 4.98 Å². The average Bonchev–Trinajstić information content (AvgIpc) is 3.14. The van der Waals surface area contributed by atoms with E-state index >= 15 is 0 Å². The molecule has 2 aromatic rings. The first-order valence-electron chi connectivity index (χ1n) is 6.62. The molecule has 6 nitrogen and oxygen atoms in total. The maximum atomic E-state index is 12.0. The minimum Gasteiger partial charge on any atom is -0.463 e. The fourth-order valence-electron chi connectivity index (χ4n) is 2.32. The van der Waals surface area contributed by atoms with E-state index < -0.39 is 0 Å². The van der Waals surface area contributed by atoms with Crippen molar-refractivity contribution >= 4 is 5.91 Å². The third-order valence-electron chi connectivity index (χ3n) is 3.42. The highest BCUT2D eigenvalue weighted by atomic mass is 16.3. The molecule has 0 spiro atoms. The lowest BCUT2D eigenvalue weighted by Gasteiger charge is -2.15. The predicted octanol–water partition coefficient (Wildman–Crippen LogP) is 1.13. The number of carbonyl (C=O) groups excluding carboxylic acids is 1. The second-order valence-corrected chi connectivity index (χ2v) is 4.81. The summed E-state index contributed by atoms with van der Waals surface area (Å²) in [5.41, 5.74) is 0.226. The molecule has 1 amide bonds. The van der Waals surface area contributed by atoms with Crippen molar-refractivity contribution in [1.29, 1.82) is 0 Å². The van der Waals surface area contributed by atoms with Crippen LogP contribution in [0.3, 0.4) is 0 Å². The van der Waals surface area contributed by atoms with Crippen molar-refractivity contribution in [3.8, 4) is 11.5 Å². The first-order chi connectivity index (χ1) is 9.74. The molecule has 3 heterocycles. The van der Waals surface area contributed by atoms with Gasteiger partial charge in [-0.3, -0.25) is 14.2 Å². The molecule has 1 saturated heterocycles. The van der Waals surface area contributed by atoms with Crippen molar-refractivity contribution in [3.63, 3.8) is 0 Å². The molecule has 0 N–H and O–H groups in total. The summed E-state index contributed by atoms with van der Waals surface area (Å²) in [4.78, 5) is 29.9. The van der Waals surface area contributed by atoms with Crippen LogP contribution in [-0.2, 0) is 11.3 Å². The largest absolute Gasteiger partial charge is 0.463 e. The highest BCUT2D eigenvalue weighted by Gasteiger charge is 2.18. The summed E-state index contributed by atoms with van der Waals surface area (Å²) in [5, 5.41) is 0. The predicted molar refractivity (Wildman–Crippen MR) is 72.0 cm³/mol. The lowest BCUT2D eigenvalue weighted by atomic mass is 10.3. The Morgan fingerprint density at radius 1 is 1.35 bits per heavy atom. The zero-order valence-corrected chi connectivity index (χ0v) is 11.0. The topological polar surface area (TPSA) is 68.3 Å². The zero-order chi connectivity index (χ0) is 13.9. The second-order valence-electron chi connectivity index (χ2n) is 4.81. The minimum absolute atomic E-state index is 0.0304. The Kier molecular flexibility index (Phi) is 3.37. The molecule has 6 heteroatoms. The minimum atomic E-state index is -0.251. The van der Waals surface area contributed by atoms with Crippen molar-refractivity contribution in [3.05, 3.63) is 41.1 Å². The molecule has 2 aromatic heterocycles. The Morgan fingerprint density at radius 2 is 2.15 bits per heavy atom. The first-order valence-corrected chi connectivity index (χ1v) is 6.62. The Hall–Kier alpha value is -2.37. The highest BCUT2D eigenvalue weighted by molar-refractivity contribution is 5.76. The van der Waals surface area contributed by atoms with Crippen LogP contribution in [0, 0.1) is 0 Å². The van der Waals surface area contributed by atoms with E-state index in [1.165, 1.54) is 23.2 Å². The second kappa shape index (κ2) is 5.32. The van der Waals surface area contributed by atoms with E-state index in [0.717, 1.165) is 25.9 Å². The molecule has 0 radical (unpaired) electrons. The van der Waals surface area contributed by atoms with Crippen LogP contribution in [0.5, 0.6) is 0 Å². The van der Waals surface area contributed by atoms with E-state index in [9.17, 15) is 9.59 Å². The number of hydrogen-bond acceptors (Lipinski definition) is 4. The number of carbonyl (C=O) groups is 1. The smallest absolute Gasteiger partial charge is 0.254 e. The Morgan fingerprint density at radius 3 is 2.80 bits per heavy atom. The average molecular weight is 273 g/mol. The molecule has 20 heavy (non-hydrogen) atoms. The van der Waals surface area contributed by atoms with E-state index in [0.29, 0.717) is 11.5 Å². The fraction of sp³-hybridized carbons (Fsp3) is 0.357. The van der Waals surface area contributed by atoms with Crippen LogP contribution < -0.4 is 5.56 Å². The maximum absolute atomic E-state index is 12.0. The van der Waals surface area contributed by atoms with E-state index in [1.807, 2.05) is 0 Å². The van der Waals surface area contributed by atoms with E-state index in [1.54, 1.807) is 17.0 Å². The van der Waals surface area contributed by atoms with Crippen molar-refractivity contribution in [2.24, 2.45) is 0 Å². The van der Waals surface area contributed by atoms with Crippen LogP contribution in [0.1, 0.15) is 12.8 Å². The summed E-state index contributed by atoms with van der Waals surface area (Å²) in [6.45, 7) is 1.61. The molecule has 0 aromatic carbocycles. The van der Waals surface area contributed by atoms with Gasteiger partial charge in [0.25, 0.3) is 5.56 Å². The summed E-state index contributed by atoms with van der Waals surface area (Å²) >= 11 is 0. The maximum Gasteiger partial charge on any atom is 0.254 e. The van der Waals surface area contributed by atoms with Crippen LogP contribution in [-0.4, -0.2) is 33.4 Å². The zero-order valence-electron chi connectivity index (χ0n) is 11.0. The van der Waals surface area contributed by atoms with Crippen molar-refractivity contribution in [1.82, 2.24) is 14.5 Å². The molecule has 104 valence electrons. The van der Waals surface area contributed by atoms with Gasteiger partial charge in [0.1, 0.15) is 12.2 Å². The van der Waals surface area contributed by atoms with Crippen molar-refractivity contribution < 1.29 is 9.21 Å².